The molecule has 4 rings (SSSR count). The molecule has 0 unspecified atom stereocenters. The summed E-state index contributed by atoms with van der Waals surface area (Å²) in [6.07, 6.45) is 0. The van der Waals surface area contributed by atoms with Crippen LogP contribution in [0, 0.1) is 0 Å². The van der Waals surface area contributed by atoms with Crippen LogP contribution in [0.4, 0.5) is 17.6 Å². The highest BCUT2D eigenvalue weighted by Crippen LogP contribution is 2.34. The second kappa shape index (κ2) is 7.82. The molecule has 3 aromatic rings. The van der Waals surface area contributed by atoms with Crippen LogP contribution in [0.3, 0.4) is 0 Å². The van der Waals surface area contributed by atoms with Gasteiger partial charge < -0.3 is 25.0 Å². The number of rotatable bonds is 4. The Morgan fingerprint density at radius 3 is 2.13 bits per heavy atom. The highest BCUT2D eigenvalue weighted by Gasteiger charge is 2.23. The molecule has 0 atom stereocenters. The van der Waals surface area contributed by atoms with Crippen molar-refractivity contribution in [2.45, 2.75) is 0 Å². The van der Waals surface area contributed by atoms with Gasteiger partial charge in [-0.3, -0.25) is 13.9 Å². The van der Waals surface area contributed by atoms with E-state index in [9.17, 15) is 9.59 Å². The first kappa shape index (κ1) is 20.5. The normalized spacial score (nSPS) is 14.2. The van der Waals surface area contributed by atoms with Crippen molar-refractivity contribution < 1.29 is 9.47 Å². The Kier molecular flexibility index (Phi) is 5.17. The van der Waals surface area contributed by atoms with Crippen LogP contribution in [0.25, 0.3) is 10.9 Å². The van der Waals surface area contributed by atoms with Gasteiger partial charge in [0.05, 0.1) is 19.7 Å². The molecule has 1 aromatic carbocycles. The van der Waals surface area contributed by atoms with Gasteiger partial charge in [0.2, 0.25) is 5.95 Å². The van der Waals surface area contributed by atoms with Gasteiger partial charge in [0.15, 0.2) is 11.5 Å². The molecule has 0 radical (unpaired) electrons. The van der Waals surface area contributed by atoms with E-state index >= 15 is 0 Å². The number of nitrogens with two attached hydrogens (primary N) is 1. The van der Waals surface area contributed by atoms with E-state index in [1.54, 1.807) is 33.4 Å². The van der Waals surface area contributed by atoms with Crippen molar-refractivity contribution in [1.29, 1.82) is 0 Å². The summed E-state index contributed by atoms with van der Waals surface area (Å²) in [5, 5.41) is 0.690. The highest BCUT2D eigenvalue weighted by atomic mass is 16.5. The van der Waals surface area contributed by atoms with Crippen molar-refractivity contribution in [2.24, 2.45) is 14.1 Å². The first-order valence-corrected chi connectivity index (χ1v) is 9.80. The molecule has 11 nitrogen and oxygen atoms in total. The van der Waals surface area contributed by atoms with Crippen molar-refractivity contribution in [3.63, 3.8) is 0 Å². The fourth-order valence-corrected chi connectivity index (χ4v) is 3.77. The van der Waals surface area contributed by atoms with Crippen molar-refractivity contribution >= 4 is 28.5 Å². The van der Waals surface area contributed by atoms with Gasteiger partial charge in [0.1, 0.15) is 11.6 Å². The van der Waals surface area contributed by atoms with Gasteiger partial charge >= 0.3 is 5.69 Å². The monoisotopic (exact) mass is 427 g/mol. The molecule has 1 aliphatic rings. The average molecular weight is 427 g/mol. The molecule has 0 aliphatic carbocycles. The largest absolute Gasteiger partial charge is 0.493 e. The first-order valence-electron chi connectivity index (χ1n) is 9.80. The van der Waals surface area contributed by atoms with Crippen molar-refractivity contribution in [2.75, 3.05) is 55.9 Å². The molecular weight excluding hydrogens is 402 g/mol. The molecule has 0 saturated carbocycles. The van der Waals surface area contributed by atoms with Crippen LogP contribution in [-0.4, -0.2) is 59.5 Å². The fourth-order valence-electron chi connectivity index (χ4n) is 3.77. The van der Waals surface area contributed by atoms with Gasteiger partial charge in [-0.2, -0.15) is 4.98 Å². The third-order valence-corrected chi connectivity index (χ3v) is 5.61. The molecule has 0 bridgehead atoms. The second-order valence-corrected chi connectivity index (χ2v) is 7.35. The average Bonchev–Trinajstić information content (AvgIpc) is 2.79. The summed E-state index contributed by atoms with van der Waals surface area (Å²) >= 11 is 0. The summed E-state index contributed by atoms with van der Waals surface area (Å²) in [5.74, 6) is 2.61. The van der Waals surface area contributed by atoms with E-state index in [0.29, 0.717) is 66.2 Å². The van der Waals surface area contributed by atoms with Crippen LogP contribution in [0.5, 0.6) is 11.5 Å². The van der Waals surface area contributed by atoms with E-state index in [4.69, 9.17) is 15.2 Å². The maximum absolute atomic E-state index is 12.2. The first-order chi connectivity index (χ1) is 14.8. The third kappa shape index (κ3) is 3.51. The number of hydrogen-bond donors (Lipinski definition) is 1. The van der Waals surface area contributed by atoms with Crippen molar-refractivity contribution in [3.8, 4) is 11.5 Å². The number of nitrogens with zero attached hydrogens (tertiary/aromatic N) is 6. The second-order valence-electron chi connectivity index (χ2n) is 7.35. The van der Waals surface area contributed by atoms with Crippen LogP contribution >= 0.6 is 0 Å². The molecular formula is C20H25N7O4. The summed E-state index contributed by atoms with van der Waals surface area (Å²) in [5.41, 5.74) is 6.20. The Labute approximate surface area is 178 Å². The molecule has 1 saturated heterocycles. The zero-order chi connectivity index (χ0) is 22.3. The lowest BCUT2D eigenvalue weighted by atomic mass is 10.2. The lowest BCUT2D eigenvalue weighted by molar-refractivity contribution is 0.356. The molecule has 2 aromatic heterocycles. The number of nitrogen functional groups attached to an aromatic ring is 1. The maximum Gasteiger partial charge on any atom is 0.332 e. The minimum Gasteiger partial charge on any atom is -0.493 e. The minimum atomic E-state index is -0.347. The van der Waals surface area contributed by atoms with Crippen LogP contribution in [0.1, 0.15) is 0 Å². The number of ether oxygens (including phenoxy) is 2. The summed E-state index contributed by atoms with van der Waals surface area (Å²) in [6, 6.07) is 5.03. The Morgan fingerprint density at radius 2 is 1.48 bits per heavy atom. The highest BCUT2D eigenvalue weighted by molar-refractivity contribution is 5.91. The zero-order valence-corrected chi connectivity index (χ0v) is 18.0. The summed E-state index contributed by atoms with van der Waals surface area (Å²) < 4.78 is 13.3. The van der Waals surface area contributed by atoms with E-state index in [-0.39, 0.29) is 11.2 Å². The molecule has 31 heavy (non-hydrogen) atoms. The number of anilines is 3. The van der Waals surface area contributed by atoms with Crippen molar-refractivity contribution in [1.82, 2.24) is 19.1 Å². The molecule has 3 heterocycles. The number of methoxy groups -OCH3 is 2. The molecule has 2 N–H and O–H groups in total. The molecule has 164 valence electrons. The summed E-state index contributed by atoms with van der Waals surface area (Å²) in [6.45, 7) is 2.44. The van der Waals surface area contributed by atoms with Crippen molar-refractivity contribution in [3.05, 3.63) is 39.0 Å². The van der Waals surface area contributed by atoms with Crippen LogP contribution in [-0.2, 0) is 14.1 Å². The topological polar surface area (TPSA) is 121 Å². The molecule has 0 spiro atoms. The third-order valence-electron chi connectivity index (χ3n) is 5.61. The van der Waals surface area contributed by atoms with Crippen LogP contribution < -0.4 is 36.3 Å². The Morgan fingerprint density at radius 1 is 0.871 bits per heavy atom. The van der Waals surface area contributed by atoms with E-state index < -0.39 is 0 Å². The van der Waals surface area contributed by atoms with Crippen LogP contribution in [0.2, 0.25) is 0 Å². The molecule has 11 heteroatoms. The van der Waals surface area contributed by atoms with Gasteiger partial charge in [0.25, 0.3) is 5.56 Å². The predicted octanol–water partition coefficient (Wildman–Crippen LogP) is -0.0468. The maximum atomic E-state index is 12.2. The standard InChI is InChI=1S/C20H25N7O4/c1-24-16(11-17(28)25(2)20(24)29)26-5-7-27(8-6-26)19-22-13-10-15(31-4)14(30-3)9-12(13)18(21)23-19/h9-11H,5-8H2,1-4H3,(H2,21,22,23). The summed E-state index contributed by atoms with van der Waals surface area (Å²) in [4.78, 5) is 37.5. The van der Waals surface area contributed by atoms with Crippen LogP contribution in [0.15, 0.2) is 27.8 Å². The van der Waals surface area contributed by atoms with Gasteiger partial charge in [0, 0.05) is 57.8 Å². The van der Waals surface area contributed by atoms with Gasteiger partial charge in [-0.25, -0.2) is 9.78 Å². The fraction of sp³-hybridized carbons (Fsp3) is 0.400. The SMILES string of the molecule is COc1cc2nc(N3CCN(c4cc(=O)n(C)c(=O)n4C)CC3)nc(N)c2cc1OC. The van der Waals surface area contributed by atoms with Gasteiger partial charge in [-0.1, -0.05) is 0 Å². The van der Waals surface area contributed by atoms with E-state index in [0.717, 1.165) is 4.57 Å². The molecule has 1 fully saturated rings. The van der Waals surface area contributed by atoms with Gasteiger partial charge in [-0.05, 0) is 6.07 Å². The van der Waals surface area contributed by atoms with E-state index in [1.807, 2.05) is 9.80 Å². The Bertz CT molecular complexity index is 1260. The number of fused-ring (bicyclic) bond motifs is 1. The zero-order valence-electron chi connectivity index (χ0n) is 18.0. The minimum absolute atomic E-state index is 0.324. The van der Waals surface area contributed by atoms with E-state index in [1.165, 1.54) is 17.7 Å². The number of hydrogen-bond acceptors (Lipinski definition) is 9. The van der Waals surface area contributed by atoms with Gasteiger partial charge in [-0.15, -0.1) is 0 Å². The summed E-state index contributed by atoms with van der Waals surface area (Å²) in [7, 11) is 6.27. The Hall–Kier alpha value is -3.76. The van der Waals surface area contributed by atoms with E-state index in [2.05, 4.69) is 9.97 Å². The smallest absolute Gasteiger partial charge is 0.332 e. The number of piperazine rings is 1. The lowest BCUT2D eigenvalue weighted by Gasteiger charge is -2.36. The number of benzene rings is 1. The Balaban J connectivity index is 1.60. The quantitative estimate of drug-likeness (QED) is 0.611. The molecule has 1 aliphatic heterocycles. The predicted molar refractivity (Wildman–Crippen MR) is 118 cm³/mol. The number of aromatic nitrogens is 4. The lowest BCUT2D eigenvalue weighted by Crippen LogP contribution is -2.49. The molecule has 0 amide bonds.